The number of aromatic nitrogens is 4. The van der Waals surface area contributed by atoms with Crippen molar-refractivity contribution in [1.29, 1.82) is 0 Å². The summed E-state index contributed by atoms with van der Waals surface area (Å²) in [6, 6.07) is 16.5. The molecule has 0 aliphatic carbocycles. The predicted octanol–water partition coefficient (Wildman–Crippen LogP) is 6.39. The first-order valence-electron chi connectivity index (χ1n) is 16.3. The molecular weight excluding hydrogens is 631 g/mol. The number of nitrogens with zero attached hydrogens (tertiary/aromatic N) is 3. The Labute approximate surface area is 283 Å². The summed E-state index contributed by atoms with van der Waals surface area (Å²) in [7, 11) is 1.30. The van der Waals surface area contributed by atoms with E-state index in [1.54, 1.807) is 0 Å². The molecule has 7 rings (SSSR count). The van der Waals surface area contributed by atoms with Crippen molar-refractivity contribution in [2.45, 2.75) is 55.3 Å². The fraction of sp³-hybridized carbons (Fsp3) is 0.429. The minimum Gasteiger partial charge on any atom is -0.453 e. The Balaban J connectivity index is 1.00. The number of ether oxygens (including phenoxy) is 1. The monoisotopic (exact) mass is 671 g/mol. The first-order chi connectivity index (χ1) is 22.8. The first-order valence-corrected chi connectivity index (χ1v) is 18.3. The molecule has 2 aromatic heterocycles. The fourth-order valence-electron chi connectivity index (χ4n) is 6.83. The maximum Gasteiger partial charge on any atom is 0.407 e. The molecule has 1 spiro atoms. The van der Waals surface area contributed by atoms with Gasteiger partial charge in [0.1, 0.15) is 17.7 Å². The smallest absolute Gasteiger partial charge is 0.407 e. The summed E-state index contributed by atoms with van der Waals surface area (Å²) >= 11 is 4.18. The zero-order valence-electron chi connectivity index (χ0n) is 26.9. The number of nitrogens with one attached hydrogen (secondary N) is 4. The zero-order chi connectivity index (χ0) is 32.5. The number of aromatic amines is 2. The number of amides is 2. The largest absolute Gasteiger partial charge is 0.453 e. The number of likely N-dealkylation sites (tertiary alicyclic amines) is 1. The van der Waals surface area contributed by atoms with E-state index in [0.717, 1.165) is 71.1 Å². The quantitative estimate of drug-likeness (QED) is 0.170. The third-order valence-electron chi connectivity index (χ3n) is 9.44. The highest BCUT2D eigenvalue weighted by atomic mass is 32.2. The summed E-state index contributed by atoms with van der Waals surface area (Å²) in [5.41, 5.74) is 6.34. The molecule has 0 bridgehead atoms. The summed E-state index contributed by atoms with van der Waals surface area (Å²) < 4.78 is 5.07. The molecule has 3 fully saturated rings. The second kappa shape index (κ2) is 13.4. The van der Waals surface area contributed by atoms with Gasteiger partial charge in [0.2, 0.25) is 5.91 Å². The van der Waals surface area contributed by atoms with Crippen LogP contribution in [0.4, 0.5) is 4.79 Å². The van der Waals surface area contributed by atoms with Gasteiger partial charge in [-0.15, -0.1) is 23.5 Å². The van der Waals surface area contributed by atoms with Crippen LogP contribution >= 0.6 is 23.5 Å². The van der Waals surface area contributed by atoms with Crippen molar-refractivity contribution in [2.24, 2.45) is 5.92 Å². The summed E-state index contributed by atoms with van der Waals surface area (Å²) in [6.45, 7) is 5.49. The lowest BCUT2D eigenvalue weighted by atomic mass is 10.0. The van der Waals surface area contributed by atoms with Gasteiger partial charge in [0, 0.05) is 24.6 Å². The maximum absolute atomic E-state index is 13.5. The molecule has 47 heavy (non-hydrogen) atoms. The summed E-state index contributed by atoms with van der Waals surface area (Å²) in [4.78, 5) is 43.6. The van der Waals surface area contributed by atoms with E-state index in [9.17, 15) is 9.59 Å². The average Bonchev–Trinajstić information content (AvgIpc) is 3.94. The number of carbonyl (C=O) groups excluding carboxylic acids is 2. The Bertz CT molecular complexity index is 1710. The van der Waals surface area contributed by atoms with Crippen molar-refractivity contribution in [2.75, 3.05) is 31.7 Å². The number of hydrogen-bond donors (Lipinski definition) is 4. The van der Waals surface area contributed by atoms with Crippen LogP contribution in [0.2, 0.25) is 0 Å². The number of imidazole rings is 2. The standard InChI is InChI=1S/C35H41N7O3S2/c1-21(2)30(41-34(44)45-3)33(43)42-14-4-5-29(42)32-37-19-28(40-32)25-12-8-23(9-13-25)22-6-10-24(11-7-22)27-18-36-31(39-27)26-17-35(20-38-26)46-15-16-47-35/h6-13,18-19,21,26,29-30,38H,4-5,14-17,20H2,1-3H3,(H,36,39)(H,37,40)(H,41,44)/t26-,29?,30-/m0/s1. The number of H-pyrrole nitrogens is 2. The van der Waals surface area contributed by atoms with Crippen LogP contribution in [0, 0.1) is 5.92 Å². The van der Waals surface area contributed by atoms with Gasteiger partial charge in [-0.3, -0.25) is 4.79 Å². The van der Waals surface area contributed by atoms with Crippen molar-refractivity contribution in [3.8, 4) is 33.6 Å². The third-order valence-corrected chi connectivity index (χ3v) is 12.9. The van der Waals surface area contributed by atoms with Gasteiger partial charge in [-0.25, -0.2) is 14.8 Å². The minimum atomic E-state index is -0.659. The van der Waals surface area contributed by atoms with Crippen LogP contribution in [0.15, 0.2) is 60.9 Å². The molecule has 0 saturated carbocycles. The summed E-state index contributed by atoms with van der Waals surface area (Å²) in [5, 5.41) is 6.38. The van der Waals surface area contributed by atoms with E-state index in [-0.39, 0.29) is 23.9 Å². The van der Waals surface area contributed by atoms with Crippen LogP contribution in [0.5, 0.6) is 0 Å². The van der Waals surface area contributed by atoms with E-state index in [4.69, 9.17) is 9.72 Å². The lowest BCUT2D eigenvalue weighted by molar-refractivity contribution is -0.135. The predicted molar refractivity (Wildman–Crippen MR) is 188 cm³/mol. The average molecular weight is 672 g/mol. The highest BCUT2D eigenvalue weighted by Crippen LogP contribution is 2.51. The third kappa shape index (κ3) is 6.55. The van der Waals surface area contributed by atoms with Crippen molar-refractivity contribution < 1.29 is 14.3 Å². The van der Waals surface area contributed by atoms with Gasteiger partial charge in [0.05, 0.1) is 47.1 Å². The number of benzene rings is 2. The number of thioether (sulfide) groups is 2. The molecule has 5 heterocycles. The van der Waals surface area contributed by atoms with E-state index >= 15 is 0 Å². The van der Waals surface area contributed by atoms with Gasteiger partial charge in [0.25, 0.3) is 0 Å². The number of rotatable bonds is 8. The zero-order valence-corrected chi connectivity index (χ0v) is 28.5. The molecular formula is C35H41N7O3S2. The molecule has 10 nitrogen and oxygen atoms in total. The van der Waals surface area contributed by atoms with Crippen molar-refractivity contribution in [3.05, 3.63) is 72.6 Å². The van der Waals surface area contributed by atoms with Crippen molar-refractivity contribution in [3.63, 3.8) is 0 Å². The highest BCUT2D eigenvalue weighted by Gasteiger charge is 2.44. The van der Waals surface area contributed by atoms with Crippen LogP contribution in [0.3, 0.4) is 0 Å². The normalized spacial score (nSPS) is 21.1. The van der Waals surface area contributed by atoms with E-state index in [2.05, 4.69) is 97.6 Å². The van der Waals surface area contributed by atoms with Crippen molar-refractivity contribution >= 4 is 35.5 Å². The van der Waals surface area contributed by atoms with E-state index in [0.29, 0.717) is 10.6 Å². The molecule has 2 amide bonds. The van der Waals surface area contributed by atoms with Gasteiger partial charge in [-0.05, 0) is 47.4 Å². The molecule has 2 aromatic carbocycles. The lowest BCUT2D eigenvalue weighted by Gasteiger charge is -2.30. The molecule has 246 valence electrons. The SMILES string of the molecule is COC(=O)N[C@H](C(=O)N1CCCC1c1ncc(-c2ccc(-c3ccc(-c4cnc([C@@H]5CC6(CN5)SCCS6)[nH]4)cc3)cc2)[nH]1)C(C)C. The van der Waals surface area contributed by atoms with Crippen molar-refractivity contribution in [1.82, 2.24) is 35.5 Å². The number of carbonyl (C=O) groups is 2. The molecule has 3 aliphatic rings. The Morgan fingerprint density at radius 1 is 0.915 bits per heavy atom. The van der Waals surface area contributed by atoms with E-state index in [1.165, 1.54) is 18.6 Å². The van der Waals surface area contributed by atoms with Gasteiger partial charge >= 0.3 is 6.09 Å². The summed E-state index contributed by atoms with van der Waals surface area (Å²) in [6.07, 6.45) is 5.97. The Morgan fingerprint density at radius 2 is 1.49 bits per heavy atom. The highest BCUT2D eigenvalue weighted by molar-refractivity contribution is 8.21. The molecule has 12 heteroatoms. The Kier molecular flexibility index (Phi) is 9.08. The molecule has 1 unspecified atom stereocenters. The van der Waals surface area contributed by atoms with Gasteiger partial charge in [-0.1, -0.05) is 62.4 Å². The topological polar surface area (TPSA) is 128 Å². The lowest BCUT2D eigenvalue weighted by Crippen LogP contribution is -2.51. The van der Waals surface area contributed by atoms with Crippen LogP contribution in [-0.2, 0) is 9.53 Å². The molecule has 4 N–H and O–H groups in total. The summed E-state index contributed by atoms with van der Waals surface area (Å²) in [5.74, 6) is 4.06. The van der Waals surface area contributed by atoms with Gasteiger partial charge in [0.15, 0.2) is 0 Å². The molecule has 0 radical (unpaired) electrons. The van der Waals surface area contributed by atoms with Crippen LogP contribution in [0.25, 0.3) is 33.6 Å². The maximum atomic E-state index is 13.5. The first kappa shape index (κ1) is 31.8. The number of hydrogen-bond acceptors (Lipinski definition) is 8. The second-order valence-electron chi connectivity index (χ2n) is 12.8. The van der Waals surface area contributed by atoms with E-state index in [1.807, 2.05) is 31.1 Å². The number of alkyl carbamates (subject to hydrolysis) is 1. The molecule has 3 saturated heterocycles. The van der Waals surface area contributed by atoms with Crippen LogP contribution < -0.4 is 10.6 Å². The minimum absolute atomic E-state index is 0.0786. The van der Waals surface area contributed by atoms with Gasteiger partial charge < -0.3 is 30.2 Å². The molecule has 3 atom stereocenters. The van der Waals surface area contributed by atoms with Gasteiger partial charge in [-0.2, -0.15) is 0 Å². The molecule has 3 aliphatic heterocycles. The fourth-order valence-corrected chi connectivity index (χ4v) is 10.0. The Morgan fingerprint density at radius 3 is 2.09 bits per heavy atom. The molecule has 4 aromatic rings. The number of methoxy groups -OCH3 is 1. The second-order valence-corrected chi connectivity index (χ2v) is 16.0. The van der Waals surface area contributed by atoms with Crippen LogP contribution in [0.1, 0.15) is 56.8 Å². The Hall–Kier alpha value is -3.74. The van der Waals surface area contributed by atoms with Crippen LogP contribution in [-0.4, -0.2) is 78.7 Å². The van der Waals surface area contributed by atoms with E-state index < -0.39 is 12.1 Å².